The Kier molecular flexibility index (Phi) is 6.80. The van der Waals surface area contributed by atoms with Crippen LogP contribution in [0.2, 0.25) is 5.02 Å². The summed E-state index contributed by atoms with van der Waals surface area (Å²) >= 11 is 5.93. The zero-order chi connectivity index (χ0) is 26.4. The second-order valence-corrected chi connectivity index (χ2v) is 10.9. The summed E-state index contributed by atoms with van der Waals surface area (Å²) in [5.41, 5.74) is 9.49. The molecular weight excluding hydrogens is 506 g/mol. The Hall–Kier alpha value is -3.07. The molecule has 0 radical (unpaired) electrons. The van der Waals surface area contributed by atoms with E-state index in [1.165, 1.54) is 30.6 Å². The van der Waals surface area contributed by atoms with Crippen LogP contribution in [0.1, 0.15) is 31.7 Å². The molecule has 6 rings (SSSR count). The maximum absolute atomic E-state index is 15.3. The molecule has 2 fully saturated rings. The van der Waals surface area contributed by atoms with Gasteiger partial charge in [0.2, 0.25) is 0 Å². The normalized spacial score (nSPS) is 21.3. The zero-order valence-electron chi connectivity index (χ0n) is 21.4. The quantitative estimate of drug-likeness (QED) is 0.346. The van der Waals surface area contributed by atoms with Crippen molar-refractivity contribution in [3.8, 4) is 22.3 Å². The van der Waals surface area contributed by atoms with Crippen LogP contribution in [0.4, 0.5) is 14.6 Å². The van der Waals surface area contributed by atoms with Crippen LogP contribution in [0.3, 0.4) is 0 Å². The van der Waals surface area contributed by atoms with Gasteiger partial charge in [-0.3, -0.25) is 4.90 Å². The van der Waals surface area contributed by atoms with E-state index in [0.29, 0.717) is 34.6 Å². The monoisotopic (exact) mass is 536 g/mol. The second-order valence-electron chi connectivity index (χ2n) is 10.5. The summed E-state index contributed by atoms with van der Waals surface area (Å²) in [7, 11) is 2.19. The lowest BCUT2D eigenvalue weighted by molar-refractivity contribution is 0.0828. The number of anilines is 1. The lowest BCUT2D eigenvalue weighted by atomic mass is 9.89. The topological polar surface area (TPSA) is 63.2 Å². The molecule has 198 valence electrons. The summed E-state index contributed by atoms with van der Waals surface area (Å²) in [4.78, 5) is 13.9. The largest absolute Gasteiger partial charge is 0.383 e. The molecule has 3 heterocycles. The van der Waals surface area contributed by atoms with Crippen molar-refractivity contribution in [2.75, 3.05) is 39.0 Å². The third-order valence-corrected chi connectivity index (χ3v) is 8.55. The summed E-state index contributed by atoms with van der Waals surface area (Å²) in [5.74, 6) is -0.577. The molecule has 9 heteroatoms. The van der Waals surface area contributed by atoms with E-state index in [1.54, 1.807) is 6.07 Å². The number of hydrogen-bond acceptors (Lipinski definition) is 5. The fourth-order valence-corrected chi connectivity index (χ4v) is 6.26. The molecule has 1 aliphatic carbocycles. The number of nitrogen functional groups attached to an aromatic ring is 1. The number of hydrogen-bond donors (Lipinski definition) is 1. The lowest BCUT2D eigenvalue weighted by Gasteiger charge is -2.41. The molecule has 1 saturated heterocycles. The van der Waals surface area contributed by atoms with Gasteiger partial charge in [-0.05, 0) is 62.1 Å². The van der Waals surface area contributed by atoms with Crippen molar-refractivity contribution in [2.45, 2.75) is 37.8 Å². The van der Waals surface area contributed by atoms with Gasteiger partial charge < -0.3 is 15.2 Å². The van der Waals surface area contributed by atoms with E-state index < -0.39 is 11.6 Å². The van der Waals surface area contributed by atoms with Gasteiger partial charge in [0.25, 0.3) is 0 Å². The van der Waals surface area contributed by atoms with Crippen LogP contribution in [0.5, 0.6) is 0 Å². The number of likely N-dealkylation sites (N-methyl/N-ethyl adjacent to an activating group) is 1. The van der Waals surface area contributed by atoms with Crippen molar-refractivity contribution in [2.24, 2.45) is 0 Å². The predicted molar refractivity (Wildman–Crippen MR) is 148 cm³/mol. The molecule has 6 nitrogen and oxygen atoms in total. The van der Waals surface area contributed by atoms with Gasteiger partial charge in [0, 0.05) is 55.6 Å². The molecular formula is C29H31ClF2N6. The minimum Gasteiger partial charge on any atom is -0.383 e. The average Bonchev–Trinajstić information content (AvgIpc) is 3.32. The van der Waals surface area contributed by atoms with Crippen LogP contribution in [0.15, 0.2) is 48.9 Å². The van der Waals surface area contributed by atoms with Crippen LogP contribution < -0.4 is 5.73 Å². The molecule has 4 aromatic rings. The predicted octanol–water partition coefficient (Wildman–Crippen LogP) is 6.01. The summed E-state index contributed by atoms with van der Waals surface area (Å²) in [6.45, 7) is 4.53. The number of halogens is 3. The third-order valence-electron chi connectivity index (χ3n) is 8.26. The number of aromatic nitrogens is 3. The van der Waals surface area contributed by atoms with Gasteiger partial charge in [-0.15, -0.1) is 0 Å². The number of benzene rings is 2. The van der Waals surface area contributed by atoms with Gasteiger partial charge in [0.1, 0.15) is 29.4 Å². The van der Waals surface area contributed by atoms with E-state index in [-0.39, 0.29) is 5.02 Å². The smallest absolute Gasteiger partial charge is 0.146 e. The van der Waals surface area contributed by atoms with Crippen LogP contribution in [-0.2, 0) is 0 Å². The molecule has 0 atom stereocenters. The summed E-state index contributed by atoms with van der Waals surface area (Å²) in [6, 6.07) is 10.2. The lowest BCUT2D eigenvalue weighted by Crippen LogP contribution is -2.49. The molecule has 2 aromatic carbocycles. The molecule has 1 aliphatic heterocycles. The van der Waals surface area contributed by atoms with Crippen molar-refractivity contribution >= 4 is 28.5 Å². The Bertz CT molecular complexity index is 1470. The van der Waals surface area contributed by atoms with E-state index in [1.807, 2.05) is 6.07 Å². The summed E-state index contributed by atoms with van der Waals surface area (Å²) in [5, 5.41) is 0.701. The molecule has 2 N–H and O–H groups in total. The molecule has 0 spiro atoms. The van der Waals surface area contributed by atoms with E-state index in [9.17, 15) is 4.39 Å². The first-order valence-corrected chi connectivity index (χ1v) is 13.6. The van der Waals surface area contributed by atoms with Crippen molar-refractivity contribution in [3.63, 3.8) is 0 Å². The van der Waals surface area contributed by atoms with E-state index in [4.69, 9.17) is 17.3 Å². The van der Waals surface area contributed by atoms with Crippen molar-refractivity contribution in [1.29, 1.82) is 0 Å². The number of fused-ring (bicyclic) bond motifs is 1. The minimum absolute atomic E-state index is 0.0405. The number of rotatable bonds is 4. The molecule has 38 heavy (non-hydrogen) atoms. The number of nitrogens with zero attached hydrogens (tertiary/aromatic N) is 5. The molecule has 0 bridgehead atoms. The van der Waals surface area contributed by atoms with E-state index in [2.05, 4.69) is 37.6 Å². The Labute approximate surface area is 226 Å². The Morgan fingerprint density at radius 1 is 0.842 bits per heavy atom. The molecule has 1 saturated carbocycles. The molecule has 2 aromatic heterocycles. The fraction of sp³-hybridized carbons (Fsp3) is 0.379. The Morgan fingerprint density at radius 2 is 1.53 bits per heavy atom. The van der Waals surface area contributed by atoms with Gasteiger partial charge in [-0.2, -0.15) is 0 Å². The first kappa shape index (κ1) is 25.2. The van der Waals surface area contributed by atoms with Crippen LogP contribution in [0.25, 0.3) is 33.3 Å². The van der Waals surface area contributed by atoms with Crippen LogP contribution in [0, 0.1) is 11.6 Å². The van der Waals surface area contributed by atoms with E-state index >= 15 is 4.39 Å². The number of piperazine rings is 1. The summed E-state index contributed by atoms with van der Waals surface area (Å²) < 4.78 is 31.2. The van der Waals surface area contributed by atoms with Gasteiger partial charge in [-0.1, -0.05) is 29.8 Å². The first-order valence-electron chi connectivity index (χ1n) is 13.2. The standard InChI is InChI=1S/C29H31ClF2N6/c1-36-10-12-37(13-11-36)20-4-6-21(7-5-20)38-16-23(27-28(33)34-17-35-29(27)38)19-2-8-22(26(32)15-19)18-3-9-25(31)24(30)14-18/h2-3,8-9,14-17,20-21H,4-7,10-13H2,1H3,(H2,33,34,35). The van der Waals surface area contributed by atoms with Crippen molar-refractivity contribution < 1.29 is 8.78 Å². The minimum atomic E-state index is -0.534. The fourth-order valence-electron chi connectivity index (χ4n) is 6.07. The third kappa shape index (κ3) is 4.65. The second kappa shape index (κ2) is 10.2. The number of nitrogens with two attached hydrogens (primary N) is 1. The molecule has 2 aliphatic rings. The average molecular weight is 537 g/mol. The summed E-state index contributed by atoms with van der Waals surface area (Å²) in [6.07, 6.45) is 7.96. The molecule has 0 unspecified atom stereocenters. The van der Waals surface area contributed by atoms with Crippen molar-refractivity contribution in [1.82, 2.24) is 24.3 Å². The zero-order valence-corrected chi connectivity index (χ0v) is 22.1. The highest BCUT2D eigenvalue weighted by atomic mass is 35.5. The highest BCUT2D eigenvalue weighted by Gasteiger charge is 2.30. The van der Waals surface area contributed by atoms with Crippen LogP contribution >= 0.6 is 11.6 Å². The maximum Gasteiger partial charge on any atom is 0.146 e. The van der Waals surface area contributed by atoms with Gasteiger partial charge in [0.05, 0.1) is 10.4 Å². The van der Waals surface area contributed by atoms with Gasteiger partial charge in [-0.25, -0.2) is 18.7 Å². The van der Waals surface area contributed by atoms with E-state index in [0.717, 1.165) is 68.5 Å². The Balaban J connectivity index is 1.30. The Morgan fingerprint density at radius 3 is 2.24 bits per heavy atom. The highest BCUT2D eigenvalue weighted by Crippen LogP contribution is 2.40. The van der Waals surface area contributed by atoms with Gasteiger partial charge in [0.15, 0.2) is 0 Å². The highest BCUT2D eigenvalue weighted by molar-refractivity contribution is 6.31. The first-order chi connectivity index (χ1) is 18.4. The molecule has 0 amide bonds. The van der Waals surface area contributed by atoms with Crippen molar-refractivity contribution in [3.05, 3.63) is 65.6 Å². The SMILES string of the molecule is CN1CCN(C2CCC(n3cc(-c4ccc(-c5ccc(F)c(Cl)c5)c(F)c4)c4c(N)ncnc43)CC2)CC1. The van der Waals surface area contributed by atoms with Crippen LogP contribution in [-0.4, -0.2) is 63.6 Å². The van der Waals surface area contributed by atoms with Gasteiger partial charge >= 0.3 is 0 Å². The maximum atomic E-state index is 15.3.